The second-order valence-corrected chi connectivity index (χ2v) is 6.43. The molecule has 0 saturated heterocycles. The van der Waals surface area contributed by atoms with E-state index in [-0.39, 0.29) is 10.8 Å². The van der Waals surface area contributed by atoms with Crippen molar-refractivity contribution in [3.8, 4) is 5.75 Å². The van der Waals surface area contributed by atoms with Gasteiger partial charge in [-0.25, -0.2) is 4.79 Å². The summed E-state index contributed by atoms with van der Waals surface area (Å²) in [5.41, 5.74) is 1.35. The van der Waals surface area contributed by atoms with Crippen LogP contribution in [0, 0.1) is 0 Å². The zero-order valence-corrected chi connectivity index (χ0v) is 14.9. The van der Waals surface area contributed by atoms with Gasteiger partial charge in [-0.2, -0.15) is 8.78 Å². The molecule has 0 aliphatic heterocycles. The zero-order chi connectivity index (χ0) is 18.0. The Bertz CT molecular complexity index is 978. The van der Waals surface area contributed by atoms with Gasteiger partial charge in [0.05, 0.1) is 5.02 Å². The lowest BCUT2D eigenvalue weighted by molar-refractivity contribution is -0.0497. The largest absolute Gasteiger partial charge is 0.433 e. The molecule has 0 amide bonds. The van der Waals surface area contributed by atoms with Gasteiger partial charge in [-0.05, 0) is 42.0 Å². The predicted molar refractivity (Wildman–Crippen MR) is 95.6 cm³/mol. The van der Waals surface area contributed by atoms with E-state index < -0.39 is 12.2 Å². The number of benzene rings is 2. The molecule has 0 saturated carbocycles. The van der Waals surface area contributed by atoms with Gasteiger partial charge < -0.3 is 14.5 Å². The minimum Gasteiger partial charge on any atom is -0.433 e. The van der Waals surface area contributed by atoms with E-state index in [4.69, 9.17) is 16.0 Å². The minimum absolute atomic E-state index is 0.0617. The van der Waals surface area contributed by atoms with Gasteiger partial charge in [-0.1, -0.05) is 27.5 Å². The van der Waals surface area contributed by atoms with Crippen LogP contribution in [0.15, 0.2) is 56.1 Å². The molecule has 0 aliphatic rings. The molecule has 0 aliphatic carbocycles. The number of fused-ring (bicyclic) bond motifs is 1. The average molecular weight is 431 g/mol. The van der Waals surface area contributed by atoms with Gasteiger partial charge in [0.1, 0.15) is 11.3 Å². The van der Waals surface area contributed by atoms with Crippen LogP contribution in [0.4, 0.5) is 14.5 Å². The van der Waals surface area contributed by atoms with Crippen molar-refractivity contribution in [3.05, 3.63) is 67.9 Å². The lowest BCUT2D eigenvalue weighted by Crippen LogP contribution is -2.06. The third kappa shape index (κ3) is 4.29. The number of halogens is 4. The molecule has 1 aromatic heterocycles. The molecular weight excluding hydrogens is 420 g/mol. The van der Waals surface area contributed by atoms with Gasteiger partial charge >= 0.3 is 12.2 Å². The Morgan fingerprint density at radius 2 is 2.00 bits per heavy atom. The summed E-state index contributed by atoms with van der Waals surface area (Å²) in [6.07, 6.45) is 0. The number of rotatable bonds is 5. The maximum atomic E-state index is 12.2. The van der Waals surface area contributed by atoms with Gasteiger partial charge in [0, 0.05) is 28.2 Å². The Hall–Kier alpha value is -2.12. The van der Waals surface area contributed by atoms with Crippen molar-refractivity contribution < 1.29 is 17.9 Å². The van der Waals surface area contributed by atoms with Crippen molar-refractivity contribution >= 4 is 44.2 Å². The third-order valence-electron chi connectivity index (χ3n) is 3.42. The Morgan fingerprint density at radius 3 is 2.72 bits per heavy atom. The van der Waals surface area contributed by atoms with Gasteiger partial charge in [0.2, 0.25) is 0 Å². The molecule has 130 valence electrons. The summed E-state index contributed by atoms with van der Waals surface area (Å²) in [6.45, 7) is -2.61. The van der Waals surface area contributed by atoms with E-state index in [1.54, 1.807) is 12.1 Å². The Labute approximate surface area is 154 Å². The highest BCUT2D eigenvalue weighted by Crippen LogP contribution is 2.29. The smallest absolute Gasteiger partial charge is 0.387 e. The minimum atomic E-state index is -2.94. The normalized spacial score (nSPS) is 11.1. The van der Waals surface area contributed by atoms with Crippen LogP contribution in [0.3, 0.4) is 0 Å². The number of nitrogens with one attached hydrogen (secondary N) is 1. The lowest BCUT2D eigenvalue weighted by atomic mass is 10.1. The molecule has 3 aromatic rings. The van der Waals surface area contributed by atoms with Crippen LogP contribution in [0.5, 0.6) is 5.75 Å². The molecular formula is C17H11BrClF2NO3. The fourth-order valence-electron chi connectivity index (χ4n) is 2.35. The van der Waals surface area contributed by atoms with Crippen LogP contribution < -0.4 is 15.7 Å². The van der Waals surface area contributed by atoms with E-state index in [1.165, 1.54) is 18.2 Å². The molecule has 0 spiro atoms. The topological polar surface area (TPSA) is 51.5 Å². The lowest BCUT2D eigenvalue weighted by Gasteiger charge is -2.11. The van der Waals surface area contributed by atoms with E-state index in [0.717, 1.165) is 15.4 Å². The molecule has 8 heteroatoms. The van der Waals surface area contributed by atoms with Crippen LogP contribution in [0.25, 0.3) is 11.0 Å². The summed E-state index contributed by atoms with van der Waals surface area (Å²) in [5.74, 6) is -0.0992. The third-order valence-corrected chi connectivity index (χ3v) is 4.21. The van der Waals surface area contributed by atoms with Crippen molar-refractivity contribution in [1.29, 1.82) is 0 Å². The van der Waals surface area contributed by atoms with Gasteiger partial charge in [-0.3, -0.25) is 0 Å². The van der Waals surface area contributed by atoms with Crippen LogP contribution in [0.1, 0.15) is 5.56 Å². The molecule has 0 radical (unpaired) electrons. The van der Waals surface area contributed by atoms with Crippen LogP contribution >= 0.6 is 27.5 Å². The summed E-state index contributed by atoms with van der Waals surface area (Å²) >= 11 is 9.26. The number of hydrogen-bond donors (Lipinski definition) is 1. The molecule has 3 rings (SSSR count). The molecule has 1 heterocycles. The Balaban J connectivity index is 1.83. The van der Waals surface area contributed by atoms with E-state index in [9.17, 15) is 13.6 Å². The first-order chi connectivity index (χ1) is 11.9. The predicted octanol–water partition coefficient (Wildman–Crippen LogP) is 5.42. The standard InChI is InChI=1S/C17H11BrClF2NO3/c18-10-1-3-12-9(5-16(23)24-15(12)6-10)8-22-11-2-4-14(13(19)7-11)25-17(20)21/h1-7,17,22H,8H2. The maximum absolute atomic E-state index is 12.2. The number of hydrogen-bond acceptors (Lipinski definition) is 4. The average Bonchev–Trinajstić information content (AvgIpc) is 2.54. The second kappa shape index (κ2) is 7.41. The Kier molecular flexibility index (Phi) is 5.24. The number of anilines is 1. The summed E-state index contributed by atoms with van der Waals surface area (Å²) in [4.78, 5) is 11.7. The van der Waals surface area contributed by atoms with E-state index in [1.807, 2.05) is 12.1 Å². The summed E-state index contributed by atoms with van der Waals surface area (Å²) in [5, 5.41) is 3.95. The first kappa shape index (κ1) is 17.7. The van der Waals surface area contributed by atoms with Crippen LogP contribution in [-0.4, -0.2) is 6.61 Å². The van der Waals surface area contributed by atoms with E-state index in [0.29, 0.717) is 17.8 Å². The fourth-order valence-corrected chi connectivity index (χ4v) is 2.91. The van der Waals surface area contributed by atoms with Crippen molar-refractivity contribution in [2.45, 2.75) is 13.2 Å². The molecule has 1 N–H and O–H groups in total. The summed E-state index contributed by atoms with van der Waals surface area (Å²) < 4.78 is 34.8. The van der Waals surface area contributed by atoms with Crippen molar-refractivity contribution in [3.63, 3.8) is 0 Å². The van der Waals surface area contributed by atoms with E-state index >= 15 is 0 Å². The molecule has 0 bridgehead atoms. The van der Waals surface area contributed by atoms with Gasteiger partial charge in [0.15, 0.2) is 0 Å². The monoisotopic (exact) mass is 429 g/mol. The van der Waals surface area contributed by atoms with E-state index in [2.05, 4.69) is 26.0 Å². The quantitative estimate of drug-likeness (QED) is 0.549. The SMILES string of the molecule is O=c1cc(CNc2ccc(OC(F)F)c(Cl)c2)c2ccc(Br)cc2o1. The van der Waals surface area contributed by atoms with Crippen molar-refractivity contribution in [2.24, 2.45) is 0 Å². The van der Waals surface area contributed by atoms with Crippen LogP contribution in [-0.2, 0) is 6.54 Å². The molecule has 2 aromatic carbocycles. The molecule has 0 unspecified atom stereocenters. The van der Waals surface area contributed by atoms with Crippen molar-refractivity contribution in [1.82, 2.24) is 0 Å². The van der Waals surface area contributed by atoms with Gasteiger partial charge in [-0.15, -0.1) is 0 Å². The summed E-state index contributed by atoms with van der Waals surface area (Å²) in [6, 6.07) is 11.2. The Morgan fingerprint density at radius 1 is 1.20 bits per heavy atom. The highest BCUT2D eigenvalue weighted by Gasteiger charge is 2.10. The highest BCUT2D eigenvalue weighted by atomic mass is 79.9. The first-order valence-corrected chi connectivity index (χ1v) is 8.30. The zero-order valence-electron chi connectivity index (χ0n) is 12.6. The molecule has 25 heavy (non-hydrogen) atoms. The first-order valence-electron chi connectivity index (χ1n) is 7.13. The number of alkyl halides is 2. The summed E-state index contributed by atoms with van der Waals surface area (Å²) in [7, 11) is 0. The number of ether oxygens (including phenoxy) is 1. The van der Waals surface area contributed by atoms with Crippen molar-refractivity contribution in [2.75, 3.05) is 5.32 Å². The van der Waals surface area contributed by atoms with Crippen LogP contribution in [0.2, 0.25) is 5.02 Å². The molecule has 0 atom stereocenters. The maximum Gasteiger partial charge on any atom is 0.387 e. The second-order valence-electron chi connectivity index (χ2n) is 5.11. The molecule has 0 fully saturated rings. The fraction of sp³-hybridized carbons (Fsp3) is 0.118. The molecule has 4 nitrogen and oxygen atoms in total. The highest BCUT2D eigenvalue weighted by molar-refractivity contribution is 9.10. The van der Waals surface area contributed by atoms with Gasteiger partial charge in [0.25, 0.3) is 0 Å².